The van der Waals surface area contributed by atoms with Crippen LogP contribution >= 0.6 is 0 Å². The van der Waals surface area contributed by atoms with E-state index in [2.05, 4.69) is 53.7 Å². The molecular weight excluding hydrogens is 1180 g/mol. The Balaban J connectivity index is -0.0000000860. The number of nitrogens with one attached hydrogen (secondary N) is 3. The third-order valence-electron chi connectivity index (χ3n) is 6.03. The molecule has 0 radical (unpaired) electrons. The largest absolute Gasteiger partial charge is 1.00 e. The monoisotopic (exact) mass is 1240 g/mol. The molecule has 14 nitrogen and oxygen atoms in total. The number of aliphatic carboxylic acids is 2. The first kappa shape index (κ1) is 72.7. The number of anilines is 1. The van der Waals surface area contributed by atoms with Crippen molar-refractivity contribution in [1.82, 2.24) is 10.2 Å². The Morgan fingerprint density at radius 1 is 1.04 bits per heavy atom. The van der Waals surface area contributed by atoms with Crippen molar-refractivity contribution in [3.63, 3.8) is 0 Å². The number of hydrogen-bond acceptors (Lipinski definition) is 8. The number of carbonyl (C=O) groups excluding carboxylic acids is 4. The van der Waals surface area contributed by atoms with Crippen LogP contribution in [0.5, 0.6) is 0 Å². The number of carbonyl (C=O) groups is 6. The van der Waals surface area contributed by atoms with Crippen LogP contribution in [0.25, 0.3) is 5.73 Å². The zero-order chi connectivity index (χ0) is 38.7. The van der Waals surface area contributed by atoms with E-state index in [1.807, 2.05) is 19.4 Å². The molecule has 4 rings (SSSR count). The van der Waals surface area contributed by atoms with E-state index in [1.165, 1.54) is 31.1 Å². The van der Waals surface area contributed by atoms with Gasteiger partial charge in [-0.3, -0.25) is 28.8 Å². The normalized spacial score (nSPS) is 10.1. The fourth-order valence-corrected chi connectivity index (χ4v) is 3.95. The van der Waals surface area contributed by atoms with E-state index >= 15 is 0 Å². The van der Waals surface area contributed by atoms with E-state index in [0.29, 0.717) is 56.2 Å². The molecule has 18 heteroatoms. The third kappa shape index (κ3) is 42.1. The average Bonchev–Trinajstić information content (AvgIpc) is 3.59. The van der Waals surface area contributed by atoms with Gasteiger partial charge in [-0.05, 0) is 48.1 Å². The Hall–Kier alpha value is 0.136. The minimum atomic E-state index is -0.833. The first-order valence-electron chi connectivity index (χ1n) is 16.1. The molecule has 0 spiro atoms. The Kier molecular flexibility index (Phi) is 69.0. The number of benzene rings is 2. The summed E-state index contributed by atoms with van der Waals surface area (Å²) in [7, 11) is 1.25. The second kappa shape index (κ2) is 52.2. The summed E-state index contributed by atoms with van der Waals surface area (Å²) in [5.74, 6) is -1.84. The van der Waals surface area contributed by atoms with Gasteiger partial charge in [-0.2, -0.15) is 20.4 Å². The number of carboxylic acid groups (broad SMARTS) is 2. The number of nitrogens with zero attached hydrogens (tertiary/aromatic N) is 2. The van der Waals surface area contributed by atoms with E-state index < -0.39 is 11.9 Å². The first-order valence-corrected chi connectivity index (χ1v) is 16.1. The van der Waals surface area contributed by atoms with Gasteiger partial charge in [-0.25, -0.2) is 9.38 Å². The zero-order valence-electron chi connectivity index (χ0n) is 34.0. The van der Waals surface area contributed by atoms with Gasteiger partial charge in [0.1, 0.15) is 5.82 Å². The maximum Gasteiger partial charge on any atom is 1.00 e. The van der Waals surface area contributed by atoms with Crippen molar-refractivity contribution in [3.05, 3.63) is 84.1 Å². The van der Waals surface area contributed by atoms with Gasteiger partial charge in [0.25, 0.3) is 5.97 Å². The second-order valence-electron chi connectivity index (χ2n) is 10.2. The Morgan fingerprint density at radius 3 is 2.05 bits per heavy atom. The van der Waals surface area contributed by atoms with Gasteiger partial charge in [-0.1, -0.05) is 57.0 Å². The molecule has 0 atom stereocenters. The summed E-state index contributed by atoms with van der Waals surface area (Å²) in [5, 5.41) is 21.2. The van der Waals surface area contributed by atoms with Gasteiger partial charge in [0.2, 0.25) is 18.7 Å². The number of unbranched alkanes of at least 4 members (excludes halogenated alkanes) is 2. The fourth-order valence-electron chi connectivity index (χ4n) is 3.95. The maximum absolute atomic E-state index is 13.9. The number of aryl methyl sites for hydroxylation is 1. The average molecular weight is 1240 g/mol. The van der Waals surface area contributed by atoms with Crippen LogP contribution in [0.2, 0.25) is 0 Å². The molecule has 6 N–H and O–H groups in total. The van der Waals surface area contributed by atoms with Crippen LogP contribution in [0.3, 0.4) is 0 Å². The van der Waals surface area contributed by atoms with Crippen LogP contribution in [0.15, 0.2) is 41.4 Å². The molecule has 2 aliphatic rings. The molecule has 0 saturated carbocycles. The summed E-state index contributed by atoms with van der Waals surface area (Å²) >= 11 is 0. The molecule has 0 bridgehead atoms. The van der Waals surface area contributed by atoms with Gasteiger partial charge < -0.3 is 50.8 Å². The SMILES string of the molecule is CC(=O)O.CCC.C[CH-]CCCC(=O)O.C[NH-].Cc1ccc2c(c1F)CCN(C(=O)CNC=O)C2.O=CC=NC=O.[CH3-].[Cs+].[Cs+].[OH-].[U].c1ccc2c(c1)CCN2. The number of aldehydes is 1. The molecule has 55 heavy (non-hydrogen) atoms. The molecule has 0 aromatic heterocycles. The summed E-state index contributed by atoms with van der Waals surface area (Å²) in [6.07, 6.45) is 9.03. The number of carboxylic acids is 2. The number of fused-ring (bicyclic) bond motifs is 2. The van der Waals surface area contributed by atoms with Crippen LogP contribution in [-0.2, 0) is 48.2 Å². The van der Waals surface area contributed by atoms with E-state index in [1.54, 1.807) is 17.9 Å². The number of halogens is 1. The van der Waals surface area contributed by atoms with Crippen molar-refractivity contribution in [1.29, 1.82) is 0 Å². The molecule has 0 fully saturated rings. The molecule has 2 aromatic carbocycles. The van der Waals surface area contributed by atoms with Crippen molar-refractivity contribution in [2.45, 2.75) is 79.7 Å². The van der Waals surface area contributed by atoms with Gasteiger partial charge in [0, 0.05) is 69.8 Å². The summed E-state index contributed by atoms with van der Waals surface area (Å²) in [5.41, 5.74) is 10.7. The molecule has 2 heterocycles. The van der Waals surface area contributed by atoms with Gasteiger partial charge >= 0.3 is 144 Å². The fraction of sp³-hybridized carbons (Fsp3) is 0.432. The van der Waals surface area contributed by atoms with E-state index in [0.717, 1.165) is 38.1 Å². The van der Waals surface area contributed by atoms with E-state index in [9.17, 15) is 28.4 Å². The van der Waals surface area contributed by atoms with E-state index in [4.69, 9.17) is 20.7 Å². The van der Waals surface area contributed by atoms with Gasteiger partial charge in [-0.15, -0.1) is 0 Å². The zero-order valence-corrected chi connectivity index (χ0v) is 50.7. The number of hydrogen-bond donors (Lipinski definition) is 4. The second-order valence-corrected chi connectivity index (χ2v) is 10.2. The molecule has 0 unspecified atom stereocenters. The molecule has 3 amide bonds. The third-order valence-corrected chi connectivity index (χ3v) is 6.03. The minimum absolute atomic E-state index is 0. The van der Waals surface area contributed by atoms with Crippen LogP contribution in [0.4, 0.5) is 10.1 Å². The van der Waals surface area contributed by atoms with Gasteiger partial charge in [0.15, 0.2) is 6.29 Å². The quantitative estimate of drug-likeness (QED) is 0.111. The number of para-hydroxylation sites is 1. The molecule has 300 valence electrons. The topological polar surface area (TPSA) is 236 Å². The minimum Gasteiger partial charge on any atom is -0.870 e. The van der Waals surface area contributed by atoms with Crippen molar-refractivity contribution in [2.75, 3.05) is 32.0 Å². The summed E-state index contributed by atoms with van der Waals surface area (Å²) in [6.45, 7) is 11.0. The van der Waals surface area contributed by atoms with Crippen LogP contribution in [-0.4, -0.2) is 90.4 Å². The predicted molar refractivity (Wildman–Crippen MR) is 203 cm³/mol. The smallest absolute Gasteiger partial charge is 0.870 e. The van der Waals surface area contributed by atoms with Crippen molar-refractivity contribution in [3.8, 4) is 0 Å². The maximum atomic E-state index is 13.9. The molecule has 2 aromatic rings. The van der Waals surface area contributed by atoms with Crippen LogP contribution in [0, 0.1) is 57.7 Å². The van der Waals surface area contributed by atoms with Crippen molar-refractivity contribution in [2.24, 2.45) is 4.99 Å². The van der Waals surface area contributed by atoms with Crippen LogP contribution in [0.1, 0.15) is 75.6 Å². The molecular formula is C37H58Cs2FN5O9U-2. The Morgan fingerprint density at radius 2 is 1.60 bits per heavy atom. The Bertz CT molecular complexity index is 1280. The first-order chi connectivity index (χ1) is 23.9. The van der Waals surface area contributed by atoms with Crippen molar-refractivity contribution >= 4 is 48.9 Å². The molecule has 0 aliphatic carbocycles. The van der Waals surface area contributed by atoms with E-state index in [-0.39, 0.29) is 200 Å². The summed E-state index contributed by atoms with van der Waals surface area (Å²) in [4.78, 5) is 63.7. The number of amides is 3. The summed E-state index contributed by atoms with van der Waals surface area (Å²) in [6, 6.07) is 12.0. The number of aliphatic imine (C=N–C) groups is 1. The Labute approximate surface area is 468 Å². The van der Waals surface area contributed by atoms with Crippen LogP contribution < -0.4 is 148 Å². The molecule has 2 aliphatic heterocycles. The summed E-state index contributed by atoms with van der Waals surface area (Å²) < 4.78 is 13.9. The molecule has 0 saturated heterocycles. The predicted octanol–water partition coefficient (Wildman–Crippen LogP) is -0.245. The number of rotatable bonds is 9. The van der Waals surface area contributed by atoms with Gasteiger partial charge in [0.05, 0.1) is 12.8 Å². The standard InChI is InChI=1S/C13H15FN2O2.C8H9N.C6H11O2.C3H3NO2.C3H8.C2H4O2.CH4N.CH3.2Cs.H2O.U/c1-9-2-3-10-7-16(12(18)6-15-8-17)5-4-11(10)13(9)14;1-2-4-8-7(3-1)5-6-9-8;1-2-3-4-5-6(7)8;5-2-1-4-3-6;1-3-2;1-2(3)4;1-2;;;;;/h2-3,8H,4-7H2,1H3,(H,15,17);1-4,9H,5-6H2;2H,3-5H2,1H3,(H,7,8);1-3H;3H2,1-2H3;1H3,(H,3,4);2H,1H3;1H3;;;1H2;/q;;-1;;;;2*-1;2*+1;;/p-1. The van der Waals surface area contributed by atoms with Crippen molar-refractivity contribution < 1.29 is 218 Å².